The van der Waals surface area contributed by atoms with Gasteiger partial charge in [-0.15, -0.1) is 0 Å². The summed E-state index contributed by atoms with van der Waals surface area (Å²) in [6.07, 6.45) is 3.07. The Labute approximate surface area is 157 Å². The molecule has 5 nitrogen and oxygen atoms in total. The van der Waals surface area contributed by atoms with Gasteiger partial charge in [0, 0.05) is 18.3 Å². The molecule has 2 N–H and O–H groups in total. The van der Waals surface area contributed by atoms with Crippen LogP contribution in [0.1, 0.15) is 16.7 Å². The molecular formula is C20H19FN2O3S. The van der Waals surface area contributed by atoms with Crippen molar-refractivity contribution in [2.75, 3.05) is 7.05 Å². The number of aryl methyl sites for hydroxylation is 1. The Hall–Kier alpha value is -2.64. The first-order chi connectivity index (χ1) is 12.9. The maximum atomic E-state index is 13.7. The zero-order valence-electron chi connectivity index (χ0n) is 14.7. The fraction of sp³-hybridized carbons (Fsp3) is 0.200. The van der Waals surface area contributed by atoms with Crippen molar-refractivity contribution in [3.8, 4) is 17.0 Å². The first kappa shape index (κ1) is 17.8. The lowest BCUT2D eigenvalue weighted by Crippen LogP contribution is -2.16. The van der Waals surface area contributed by atoms with Crippen LogP contribution in [0.5, 0.6) is 5.75 Å². The van der Waals surface area contributed by atoms with Gasteiger partial charge in [-0.25, -0.2) is 16.8 Å². The first-order valence-corrected chi connectivity index (χ1v) is 10.1. The van der Waals surface area contributed by atoms with Crippen LogP contribution in [0.2, 0.25) is 0 Å². The molecule has 3 aromatic rings. The van der Waals surface area contributed by atoms with E-state index in [1.54, 1.807) is 25.4 Å². The molecule has 1 heterocycles. The largest absolute Gasteiger partial charge is 0.508 e. The van der Waals surface area contributed by atoms with Gasteiger partial charge in [0.15, 0.2) is 0 Å². The highest BCUT2D eigenvalue weighted by atomic mass is 32.2. The molecule has 27 heavy (non-hydrogen) atoms. The van der Waals surface area contributed by atoms with E-state index in [1.165, 1.54) is 22.2 Å². The van der Waals surface area contributed by atoms with Gasteiger partial charge < -0.3 is 10.4 Å². The number of fused-ring (bicyclic) bond motifs is 3. The van der Waals surface area contributed by atoms with Gasteiger partial charge in [-0.05, 0) is 66.9 Å². The molecule has 0 spiro atoms. The predicted molar refractivity (Wildman–Crippen MR) is 101 cm³/mol. The van der Waals surface area contributed by atoms with Crippen molar-refractivity contribution in [1.29, 1.82) is 0 Å². The van der Waals surface area contributed by atoms with Gasteiger partial charge in [0.2, 0.25) is 0 Å². The number of phenols is 1. The molecule has 0 saturated heterocycles. The van der Waals surface area contributed by atoms with Crippen LogP contribution in [0.25, 0.3) is 11.3 Å². The molecule has 0 atom stereocenters. The van der Waals surface area contributed by atoms with Crippen molar-refractivity contribution in [3.63, 3.8) is 0 Å². The fourth-order valence-corrected chi connectivity index (χ4v) is 5.12. The topological polar surface area (TPSA) is 71.3 Å². The number of benzene rings is 2. The molecule has 1 aliphatic rings. The van der Waals surface area contributed by atoms with Gasteiger partial charge >= 0.3 is 0 Å². The van der Waals surface area contributed by atoms with Gasteiger partial charge in [0.25, 0.3) is 10.0 Å². The van der Waals surface area contributed by atoms with Crippen LogP contribution in [-0.2, 0) is 29.4 Å². The molecular weight excluding hydrogens is 367 g/mol. The molecule has 140 valence electrons. The van der Waals surface area contributed by atoms with Crippen molar-refractivity contribution in [2.45, 2.75) is 24.3 Å². The molecule has 0 radical (unpaired) electrons. The summed E-state index contributed by atoms with van der Waals surface area (Å²) in [5, 5.41) is 13.0. The quantitative estimate of drug-likeness (QED) is 0.723. The lowest BCUT2D eigenvalue weighted by Gasteiger charge is -2.20. The average molecular weight is 386 g/mol. The van der Waals surface area contributed by atoms with Gasteiger partial charge in [-0.3, -0.25) is 0 Å². The van der Waals surface area contributed by atoms with E-state index in [9.17, 15) is 17.9 Å². The van der Waals surface area contributed by atoms with Gasteiger partial charge in [0.05, 0.1) is 10.6 Å². The number of halogens is 1. The Morgan fingerprint density at radius 2 is 2.00 bits per heavy atom. The normalized spacial score (nSPS) is 13.3. The number of rotatable bonds is 4. The van der Waals surface area contributed by atoms with Crippen LogP contribution in [-0.4, -0.2) is 24.5 Å². The molecule has 0 bridgehead atoms. The van der Waals surface area contributed by atoms with E-state index in [-0.39, 0.29) is 10.6 Å². The fourth-order valence-electron chi connectivity index (χ4n) is 3.67. The van der Waals surface area contributed by atoms with Crippen molar-refractivity contribution < 1.29 is 17.9 Å². The van der Waals surface area contributed by atoms with Crippen LogP contribution in [0.15, 0.2) is 53.6 Å². The standard InChI is InChI=1S/C20H19FN2O3S/c1-22-11-14-12-23(27(25,26)17-4-2-3-15(21)9-17)20-18(14)8-6-13-5-7-16(24)10-19(13)20/h2-5,7,9-10,12,22,24H,6,8,11H2,1H3. The third-order valence-corrected chi connectivity index (χ3v) is 6.54. The first-order valence-electron chi connectivity index (χ1n) is 8.63. The lowest BCUT2D eigenvalue weighted by atomic mass is 9.88. The molecule has 1 aliphatic carbocycles. The Morgan fingerprint density at radius 3 is 2.74 bits per heavy atom. The van der Waals surface area contributed by atoms with Crippen LogP contribution in [0.3, 0.4) is 0 Å². The van der Waals surface area contributed by atoms with Crippen LogP contribution < -0.4 is 5.32 Å². The summed E-state index contributed by atoms with van der Waals surface area (Å²) in [7, 11) is -2.19. The monoisotopic (exact) mass is 386 g/mol. The Kier molecular flexibility index (Phi) is 4.28. The summed E-state index contributed by atoms with van der Waals surface area (Å²) in [6.45, 7) is 0.516. The Morgan fingerprint density at radius 1 is 1.19 bits per heavy atom. The second kappa shape index (κ2) is 6.51. The highest BCUT2D eigenvalue weighted by molar-refractivity contribution is 7.90. The zero-order valence-corrected chi connectivity index (χ0v) is 15.6. The second-order valence-electron chi connectivity index (χ2n) is 6.61. The SMILES string of the molecule is CNCc1cn(S(=O)(=O)c2cccc(F)c2)c2c1CCc1ccc(O)cc1-2. The minimum Gasteiger partial charge on any atom is -0.508 e. The average Bonchev–Trinajstić information content (AvgIpc) is 3.02. The van der Waals surface area contributed by atoms with Gasteiger partial charge in [-0.1, -0.05) is 12.1 Å². The van der Waals surface area contributed by atoms with Crippen molar-refractivity contribution in [3.05, 3.63) is 71.2 Å². The smallest absolute Gasteiger partial charge is 0.268 e. The third kappa shape index (κ3) is 2.93. The third-order valence-electron chi connectivity index (χ3n) is 4.88. The molecule has 0 amide bonds. The van der Waals surface area contributed by atoms with E-state index in [1.807, 2.05) is 6.07 Å². The van der Waals surface area contributed by atoms with Crippen LogP contribution in [0, 0.1) is 5.82 Å². The molecule has 0 saturated carbocycles. The van der Waals surface area contributed by atoms with E-state index < -0.39 is 15.8 Å². The van der Waals surface area contributed by atoms with Crippen molar-refractivity contribution >= 4 is 10.0 Å². The number of hydrogen-bond donors (Lipinski definition) is 2. The molecule has 0 aliphatic heterocycles. The van der Waals surface area contributed by atoms with Crippen molar-refractivity contribution in [1.82, 2.24) is 9.29 Å². The van der Waals surface area contributed by atoms with Crippen LogP contribution in [0.4, 0.5) is 4.39 Å². The van der Waals surface area contributed by atoms with Crippen molar-refractivity contribution in [2.24, 2.45) is 0 Å². The minimum atomic E-state index is -3.99. The molecule has 4 rings (SSSR count). The second-order valence-corrected chi connectivity index (χ2v) is 8.43. The van der Waals surface area contributed by atoms with E-state index in [0.29, 0.717) is 24.2 Å². The number of nitrogens with one attached hydrogen (secondary N) is 1. The van der Waals surface area contributed by atoms with Gasteiger partial charge in [0.1, 0.15) is 11.6 Å². The summed E-state index contributed by atoms with van der Waals surface area (Å²) in [5.74, 6) is -0.529. The summed E-state index contributed by atoms with van der Waals surface area (Å²) in [5.41, 5.74) is 4.02. The maximum absolute atomic E-state index is 13.7. The Balaban J connectivity index is 2.00. The van der Waals surface area contributed by atoms with Crippen LogP contribution >= 0.6 is 0 Å². The zero-order chi connectivity index (χ0) is 19.2. The highest BCUT2D eigenvalue weighted by Crippen LogP contribution is 2.40. The van der Waals surface area contributed by atoms with E-state index in [2.05, 4.69) is 5.32 Å². The molecule has 1 aromatic heterocycles. The molecule has 0 unspecified atom stereocenters. The number of phenolic OH excluding ortho intramolecular Hbond substituents is 1. The molecule has 2 aromatic carbocycles. The van der Waals surface area contributed by atoms with E-state index in [0.717, 1.165) is 29.2 Å². The predicted octanol–water partition coefficient (Wildman–Crippen LogP) is 3.05. The summed E-state index contributed by atoms with van der Waals surface area (Å²) >= 11 is 0. The lowest BCUT2D eigenvalue weighted by molar-refractivity contribution is 0.475. The summed E-state index contributed by atoms with van der Waals surface area (Å²) in [4.78, 5) is -0.108. The van der Waals surface area contributed by atoms with Gasteiger partial charge in [-0.2, -0.15) is 0 Å². The minimum absolute atomic E-state index is 0.0765. The van der Waals surface area contributed by atoms with E-state index >= 15 is 0 Å². The number of aromatic nitrogens is 1. The number of aromatic hydroxyl groups is 1. The summed E-state index contributed by atoms with van der Waals surface area (Å²) < 4.78 is 41.4. The highest BCUT2D eigenvalue weighted by Gasteiger charge is 2.29. The van der Waals surface area contributed by atoms with E-state index in [4.69, 9.17) is 0 Å². The molecule has 0 fully saturated rings. The summed E-state index contributed by atoms with van der Waals surface area (Å²) in [6, 6.07) is 10.0. The number of nitrogens with zero attached hydrogens (tertiary/aromatic N) is 1. The molecule has 7 heteroatoms. The Bertz CT molecular complexity index is 1140. The number of hydrogen-bond acceptors (Lipinski definition) is 4. The maximum Gasteiger partial charge on any atom is 0.268 e.